The largest absolute Gasteiger partial charge is 0.454 e. The highest BCUT2D eigenvalue weighted by Crippen LogP contribution is 2.34. The highest BCUT2D eigenvalue weighted by molar-refractivity contribution is 5.77. The molecular formula is C19H14FN3O3. The summed E-state index contributed by atoms with van der Waals surface area (Å²) in [7, 11) is 0. The van der Waals surface area contributed by atoms with Gasteiger partial charge in [0.25, 0.3) is 0 Å². The van der Waals surface area contributed by atoms with Gasteiger partial charge in [-0.05, 0) is 34.5 Å². The third-order valence-corrected chi connectivity index (χ3v) is 3.67. The first-order valence-electron chi connectivity index (χ1n) is 7.69. The number of hydrogen-bond donors (Lipinski definition) is 1. The van der Waals surface area contributed by atoms with Crippen LogP contribution in [0.5, 0.6) is 11.5 Å². The Bertz CT molecular complexity index is 958. The summed E-state index contributed by atoms with van der Waals surface area (Å²) in [5.41, 5.74) is 7.39. The molecular weight excluding hydrogens is 337 g/mol. The van der Waals surface area contributed by atoms with E-state index < -0.39 is 11.7 Å². The molecule has 0 unspecified atom stereocenters. The molecule has 0 spiro atoms. The molecule has 0 bridgehead atoms. The summed E-state index contributed by atoms with van der Waals surface area (Å²) < 4.78 is 19.7. The number of primary amides is 1. The van der Waals surface area contributed by atoms with Crippen molar-refractivity contribution in [3.63, 3.8) is 0 Å². The molecule has 26 heavy (non-hydrogen) atoms. The Labute approximate surface area is 148 Å². The molecule has 0 aliphatic heterocycles. The molecule has 0 aliphatic rings. The van der Waals surface area contributed by atoms with Gasteiger partial charge in [-0.2, -0.15) is 0 Å². The van der Waals surface area contributed by atoms with Gasteiger partial charge in [-0.15, -0.1) is 4.91 Å². The molecule has 1 aromatic heterocycles. The topological polar surface area (TPSA) is 94.6 Å². The van der Waals surface area contributed by atoms with Gasteiger partial charge in [-0.1, -0.05) is 24.3 Å². The van der Waals surface area contributed by atoms with Gasteiger partial charge in [0, 0.05) is 24.0 Å². The van der Waals surface area contributed by atoms with Gasteiger partial charge in [0.05, 0.1) is 6.42 Å². The number of hydrogen-bond acceptors (Lipinski definition) is 5. The predicted octanol–water partition coefficient (Wildman–Crippen LogP) is 4.11. The maximum Gasteiger partial charge on any atom is 0.221 e. The molecule has 3 rings (SSSR count). The molecule has 130 valence electrons. The van der Waals surface area contributed by atoms with E-state index in [0.29, 0.717) is 11.3 Å². The van der Waals surface area contributed by atoms with E-state index in [0.717, 1.165) is 17.2 Å². The number of aromatic nitrogens is 1. The zero-order valence-electron chi connectivity index (χ0n) is 13.6. The minimum atomic E-state index is -0.693. The average Bonchev–Trinajstić information content (AvgIpc) is 2.64. The normalized spacial score (nSPS) is 10.3. The van der Waals surface area contributed by atoms with E-state index in [2.05, 4.69) is 10.2 Å². The maximum atomic E-state index is 14.0. The van der Waals surface area contributed by atoms with Gasteiger partial charge in [0.1, 0.15) is 11.4 Å². The molecule has 0 fully saturated rings. The summed E-state index contributed by atoms with van der Waals surface area (Å²) in [6.07, 6.45) is 3.27. The highest BCUT2D eigenvalue weighted by atomic mass is 19.1. The van der Waals surface area contributed by atoms with Crippen molar-refractivity contribution in [1.29, 1.82) is 0 Å². The Hall–Kier alpha value is -3.61. The number of ether oxygens (including phenoxy) is 1. The summed E-state index contributed by atoms with van der Waals surface area (Å²) >= 11 is 0. The van der Waals surface area contributed by atoms with Crippen molar-refractivity contribution in [2.45, 2.75) is 6.42 Å². The molecule has 0 saturated heterocycles. The Balaban J connectivity index is 1.91. The van der Waals surface area contributed by atoms with Crippen molar-refractivity contribution in [2.24, 2.45) is 10.9 Å². The van der Waals surface area contributed by atoms with Crippen LogP contribution in [0.4, 0.5) is 10.1 Å². The quantitative estimate of drug-likeness (QED) is 0.676. The van der Waals surface area contributed by atoms with Crippen LogP contribution in [0.3, 0.4) is 0 Å². The number of halogens is 1. The van der Waals surface area contributed by atoms with E-state index in [9.17, 15) is 14.1 Å². The molecule has 7 heteroatoms. The minimum Gasteiger partial charge on any atom is -0.454 e. The van der Waals surface area contributed by atoms with Crippen molar-refractivity contribution < 1.29 is 13.9 Å². The van der Waals surface area contributed by atoms with Crippen LogP contribution in [0.2, 0.25) is 0 Å². The van der Waals surface area contributed by atoms with Crippen LogP contribution in [-0.2, 0) is 11.2 Å². The summed E-state index contributed by atoms with van der Waals surface area (Å²) in [5.74, 6) is -0.739. The Kier molecular flexibility index (Phi) is 4.98. The molecule has 2 N–H and O–H groups in total. The molecule has 0 aliphatic carbocycles. The van der Waals surface area contributed by atoms with Crippen molar-refractivity contribution in [1.82, 2.24) is 4.98 Å². The smallest absolute Gasteiger partial charge is 0.221 e. The first-order chi connectivity index (χ1) is 12.6. The predicted molar refractivity (Wildman–Crippen MR) is 94.5 cm³/mol. The number of benzene rings is 2. The Morgan fingerprint density at radius 3 is 2.54 bits per heavy atom. The van der Waals surface area contributed by atoms with E-state index >= 15 is 0 Å². The lowest BCUT2D eigenvalue weighted by Gasteiger charge is -2.12. The molecule has 1 amide bonds. The Morgan fingerprint density at radius 2 is 1.88 bits per heavy atom. The van der Waals surface area contributed by atoms with Crippen LogP contribution >= 0.6 is 0 Å². The zero-order valence-corrected chi connectivity index (χ0v) is 13.6. The third-order valence-electron chi connectivity index (χ3n) is 3.67. The van der Waals surface area contributed by atoms with Gasteiger partial charge in [0.15, 0.2) is 11.6 Å². The van der Waals surface area contributed by atoms with Crippen LogP contribution < -0.4 is 10.5 Å². The first-order valence-corrected chi connectivity index (χ1v) is 7.69. The molecule has 0 saturated carbocycles. The fourth-order valence-corrected chi connectivity index (χ4v) is 2.44. The van der Waals surface area contributed by atoms with E-state index in [4.69, 9.17) is 10.5 Å². The van der Waals surface area contributed by atoms with E-state index in [-0.39, 0.29) is 17.9 Å². The van der Waals surface area contributed by atoms with E-state index in [1.807, 2.05) is 0 Å². The second-order valence-corrected chi connectivity index (χ2v) is 5.52. The number of nitrogens with two attached hydrogens (primary N) is 1. The summed E-state index contributed by atoms with van der Waals surface area (Å²) in [5, 5.41) is 2.68. The first kappa shape index (κ1) is 17.2. The standard InChI is InChI=1S/C19H14FN3O3/c20-16-10-14(23-25)5-6-18(16)26-17-7-8-22-11-15(17)13-3-1-12(2-4-13)9-19(21)24/h1-8,10-11H,9H2,(H2,21,24). The molecule has 0 atom stereocenters. The average molecular weight is 351 g/mol. The number of rotatable bonds is 6. The van der Waals surface area contributed by atoms with Gasteiger partial charge < -0.3 is 10.5 Å². The lowest BCUT2D eigenvalue weighted by molar-refractivity contribution is -0.117. The summed E-state index contributed by atoms with van der Waals surface area (Å²) in [6.45, 7) is 0. The number of nitroso groups, excluding NO2 is 1. The number of amides is 1. The number of carbonyl (C=O) groups excluding carboxylic acids is 1. The summed E-state index contributed by atoms with van der Waals surface area (Å²) in [6, 6.07) is 12.5. The van der Waals surface area contributed by atoms with Crippen molar-refractivity contribution >= 4 is 11.6 Å². The van der Waals surface area contributed by atoms with Crippen LogP contribution in [0.1, 0.15) is 5.56 Å². The van der Waals surface area contributed by atoms with Crippen LogP contribution in [-0.4, -0.2) is 10.9 Å². The monoisotopic (exact) mass is 351 g/mol. The fourth-order valence-electron chi connectivity index (χ4n) is 2.44. The zero-order chi connectivity index (χ0) is 18.5. The summed E-state index contributed by atoms with van der Waals surface area (Å²) in [4.78, 5) is 25.5. The Morgan fingerprint density at radius 1 is 1.12 bits per heavy atom. The van der Waals surface area contributed by atoms with E-state index in [1.165, 1.54) is 18.3 Å². The molecule has 1 heterocycles. The lowest BCUT2D eigenvalue weighted by atomic mass is 10.0. The maximum absolute atomic E-state index is 14.0. The second-order valence-electron chi connectivity index (χ2n) is 5.52. The van der Waals surface area contributed by atoms with E-state index in [1.54, 1.807) is 36.5 Å². The SMILES string of the molecule is NC(=O)Cc1ccc(-c2cnccc2Oc2ccc(N=O)cc2F)cc1. The van der Waals surface area contributed by atoms with Crippen molar-refractivity contribution in [3.8, 4) is 22.6 Å². The molecule has 3 aromatic rings. The van der Waals surface area contributed by atoms with Crippen LogP contribution in [0, 0.1) is 10.7 Å². The van der Waals surface area contributed by atoms with Gasteiger partial charge in [-0.3, -0.25) is 9.78 Å². The third kappa shape index (κ3) is 3.89. The highest BCUT2D eigenvalue weighted by Gasteiger charge is 2.11. The van der Waals surface area contributed by atoms with Gasteiger partial charge in [-0.25, -0.2) is 4.39 Å². The van der Waals surface area contributed by atoms with Crippen LogP contribution in [0.25, 0.3) is 11.1 Å². The van der Waals surface area contributed by atoms with Gasteiger partial charge in [0.2, 0.25) is 5.91 Å². The second kappa shape index (κ2) is 7.52. The minimum absolute atomic E-state index is 0.0187. The molecule has 0 radical (unpaired) electrons. The fraction of sp³-hybridized carbons (Fsp3) is 0.0526. The number of carbonyl (C=O) groups is 1. The van der Waals surface area contributed by atoms with Gasteiger partial charge >= 0.3 is 0 Å². The number of pyridine rings is 1. The number of nitrogens with zero attached hydrogens (tertiary/aromatic N) is 2. The van der Waals surface area contributed by atoms with Crippen molar-refractivity contribution in [2.75, 3.05) is 0 Å². The van der Waals surface area contributed by atoms with Crippen molar-refractivity contribution in [3.05, 3.63) is 77.2 Å². The van der Waals surface area contributed by atoms with Crippen LogP contribution in [0.15, 0.2) is 66.1 Å². The molecule has 6 nitrogen and oxygen atoms in total. The lowest BCUT2D eigenvalue weighted by Crippen LogP contribution is -2.13. The molecule has 2 aromatic carbocycles.